The van der Waals surface area contributed by atoms with Crippen LogP contribution >= 0.6 is 23.5 Å². The van der Waals surface area contributed by atoms with Crippen LogP contribution in [0.5, 0.6) is 0 Å². The number of nitrogens with zero attached hydrogens (tertiary/aromatic N) is 2. The zero-order chi connectivity index (χ0) is 15.7. The van der Waals surface area contributed by atoms with Gasteiger partial charge in [-0.25, -0.2) is 9.98 Å². The third-order valence-corrected chi connectivity index (χ3v) is 4.56. The molecular formula is C16H12N2O2S2. The molecule has 0 bridgehead atoms. The fraction of sp³-hybridized carbons (Fsp3) is 0.125. The summed E-state index contributed by atoms with van der Waals surface area (Å²) < 4.78 is 0. The molecule has 1 aromatic rings. The Morgan fingerprint density at radius 3 is 1.41 bits per heavy atom. The van der Waals surface area contributed by atoms with E-state index in [1.165, 1.54) is 0 Å². The van der Waals surface area contributed by atoms with E-state index in [1.807, 2.05) is 38.1 Å². The molecule has 4 nitrogen and oxygen atoms in total. The lowest BCUT2D eigenvalue weighted by Crippen LogP contribution is -1.89. The number of rotatable bonds is 2. The van der Waals surface area contributed by atoms with Crippen molar-refractivity contribution >= 4 is 56.0 Å². The average Bonchev–Trinajstić information content (AvgIpc) is 2.94. The first-order chi connectivity index (χ1) is 10.5. The average molecular weight is 328 g/mol. The molecule has 0 saturated carbocycles. The number of hydrogen-bond acceptors (Lipinski definition) is 6. The van der Waals surface area contributed by atoms with Gasteiger partial charge in [-0.1, -0.05) is 24.3 Å². The molecule has 0 radical (unpaired) electrons. The second-order valence-electron chi connectivity index (χ2n) is 4.77. The lowest BCUT2D eigenvalue weighted by molar-refractivity contribution is -0.108. The van der Waals surface area contributed by atoms with Crippen molar-refractivity contribution in [2.75, 3.05) is 0 Å². The van der Waals surface area contributed by atoms with Gasteiger partial charge in [0.05, 0.1) is 10.1 Å². The van der Waals surface area contributed by atoms with E-state index in [-0.39, 0.29) is 10.2 Å². The van der Waals surface area contributed by atoms with E-state index in [4.69, 9.17) is 0 Å². The minimum atomic E-state index is -0.0258. The molecule has 0 fully saturated rings. The highest BCUT2D eigenvalue weighted by molar-refractivity contribution is 8.27. The van der Waals surface area contributed by atoms with Crippen molar-refractivity contribution in [3.63, 3.8) is 0 Å². The van der Waals surface area contributed by atoms with Gasteiger partial charge in [-0.05, 0) is 60.7 Å². The summed E-state index contributed by atoms with van der Waals surface area (Å²) in [6.07, 6.45) is 3.53. The molecule has 0 aliphatic carbocycles. The summed E-state index contributed by atoms with van der Waals surface area (Å²) in [7, 11) is 0. The van der Waals surface area contributed by atoms with Gasteiger partial charge < -0.3 is 0 Å². The molecule has 0 aromatic heterocycles. The Balaban J connectivity index is 1.82. The summed E-state index contributed by atoms with van der Waals surface area (Å²) >= 11 is 2.30. The third-order valence-electron chi connectivity index (χ3n) is 3.00. The zero-order valence-corrected chi connectivity index (χ0v) is 13.6. The van der Waals surface area contributed by atoms with Gasteiger partial charge in [0, 0.05) is 0 Å². The molecule has 0 amide bonds. The highest BCUT2D eigenvalue weighted by Crippen LogP contribution is 2.26. The number of benzene rings is 1. The number of carbonyl (C=O) groups excluding carboxylic acids is 2. The van der Waals surface area contributed by atoms with Crippen molar-refractivity contribution in [1.82, 2.24) is 0 Å². The highest BCUT2D eigenvalue weighted by Gasteiger charge is 2.19. The number of carbonyl (C=O) groups is 2. The van der Waals surface area contributed by atoms with Gasteiger partial charge in [0.2, 0.25) is 10.2 Å². The molecule has 1 aromatic carbocycles. The fourth-order valence-corrected chi connectivity index (χ4v) is 3.28. The SMILES string of the molecule is CC1=N/C(=C/c2ccc(/C=C3/N=C(C)SC3=O)cc2)C(=O)S1. The lowest BCUT2D eigenvalue weighted by atomic mass is 10.1. The van der Waals surface area contributed by atoms with Crippen LogP contribution in [0.1, 0.15) is 25.0 Å². The smallest absolute Gasteiger partial charge is 0.243 e. The highest BCUT2D eigenvalue weighted by atomic mass is 32.2. The molecule has 2 aliphatic heterocycles. The summed E-state index contributed by atoms with van der Waals surface area (Å²) in [5.74, 6) is 0. The lowest BCUT2D eigenvalue weighted by Gasteiger charge is -1.98. The minimum Gasteiger partial charge on any atom is -0.279 e. The van der Waals surface area contributed by atoms with Gasteiger partial charge in [-0.15, -0.1) is 0 Å². The predicted octanol–water partition coefficient (Wildman–Crippen LogP) is 3.75. The fourth-order valence-electron chi connectivity index (χ4n) is 2.04. The minimum absolute atomic E-state index is 0.0258. The van der Waals surface area contributed by atoms with E-state index in [2.05, 4.69) is 9.98 Å². The Kier molecular flexibility index (Phi) is 4.13. The molecule has 3 rings (SSSR count). The molecule has 2 heterocycles. The summed E-state index contributed by atoms with van der Waals surface area (Å²) in [5.41, 5.74) is 2.74. The molecule has 6 heteroatoms. The van der Waals surface area contributed by atoms with Crippen molar-refractivity contribution in [2.24, 2.45) is 9.98 Å². The van der Waals surface area contributed by atoms with E-state index < -0.39 is 0 Å². The Labute approximate surface area is 136 Å². The van der Waals surface area contributed by atoms with E-state index in [9.17, 15) is 9.59 Å². The first-order valence-corrected chi connectivity index (χ1v) is 8.23. The zero-order valence-electron chi connectivity index (χ0n) is 12.0. The number of thioether (sulfide) groups is 2. The molecule has 22 heavy (non-hydrogen) atoms. The molecule has 110 valence electrons. The maximum atomic E-state index is 11.7. The van der Waals surface area contributed by atoms with Gasteiger partial charge in [0.15, 0.2) is 0 Å². The molecule has 0 saturated heterocycles. The monoisotopic (exact) mass is 328 g/mol. The Morgan fingerprint density at radius 1 is 0.773 bits per heavy atom. The second-order valence-corrected chi connectivity index (χ2v) is 7.10. The van der Waals surface area contributed by atoms with Crippen LogP contribution in [0.3, 0.4) is 0 Å². The van der Waals surface area contributed by atoms with Gasteiger partial charge >= 0.3 is 0 Å². The molecule has 0 N–H and O–H groups in total. The van der Waals surface area contributed by atoms with E-state index in [1.54, 1.807) is 12.2 Å². The van der Waals surface area contributed by atoms with Crippen molar-refractivity contribution < 1.29 is 9.59 Å². The van der Waals surface area contributed by atoms with E-state index >= 15 is 0 Å². The third kappa shape index (κ3) is 3.28. The topological polar surface area (TPSA) is 58.9 Å². The largest absolute Gasteiger partial charge is 0.279 e. The Morgan fingerprint density at radius 2 is 1.14 bits per heavy atom. The predicted molar refractivity (Wildman–Crippen MR) is 93.8 cm³/mol. The van der Waals surface area contributed by atoms with Crippen molar-refractivity contribution in [2.45, 2.75) is 13.8 Å². The summed E-state index contributed by atoms with van der Waals surface area (Å²) in [6.45, 7) is 3.63. The Bertz CT molecular complexity index is 720. The van der Waals surface area contributed by atoms with Crippen LogP contribution in [0.4, 0.5) is 0 Å². The maximum Gasteiger partial charge on any atom is 0.243 e. The van der Waals surface area contributed by atoms with Gasteiger partial charge in [0.25, 0.3) is 0 Å². The normalized spacial score (nSPS) is 21.7. The van der Waals surface area contributed by atoms with Crippen LogP contribution in [0.15, 0.2) is 45.6 Å². The molecule has 0 spiro atoms. The van der Waals surface area contributed by atoms with Crippen molar-refractivity contribution in [1.29, 1.82) is 0 Å². The molecule has 0 atom stereocenters. The maximum absolute atomic E-state index is 11.7. The van der Waals surface area contributed by atoms with Gasteiger partial charge in [0.1, 0.15) is 11.4 Å². The first-order valence-electron chi connectivity index (χ1n) is 6.60. The number of hydrogen-bond donors (Lipinski definition) is 0. The quantitative estimate of drug-likeness (QED) is 0.776. The van der Waals surface area contributed by atoms with E-state index in [0.29, 0.717) is 11.4 Å². The number of aliphatic imine (C=N–C) groups is 2. The van der Waals surface area contributed by atoms with Crippen molar-refractivity contribution in [3.8, 4) is 0 Å². The molecular weight excluding hydrogens is 316 g/mol. The molecule has 0 unspecified atom stereocenters. The van der Waals surface area contributed by atoms with Crippen LogP contribution in [0, 0.1) is 0 Å². The van der Waals surface area contributed by atoms with Crippen LogP contribution in [0.2, 0.25) is 0 Å². The Hall–Kier alpha value is -1.92. The van der Waals surface area contributed by atoms with Crippen LogP contribution in [-0.2, 0) is 9.59 Å². The molecule has 2 aliphatic rings. The van der Waals surface area contributed by atoms with Crippen LogP contribution in [-0.4, -0.2) is 20.3 Å². The van der Waals surface area contributed by atoms with Crippen molar-refractivity contribution in [3.05, 3.63) is 46.8 Å². The summed E-state index contributed by atoms with van der Waals surface area (Å²) in [4.78, 5) is 31.7. The standard InChI is InChI=1S/C16H12N2O2S2/c1-9-17-13(15(19)21-9)7-11-3-5-12(6-4-11)8-14-16(20)22-10(2)18-14/h3-8H,1-2H3/b13-7+,14-8+. The summed E-state index contributed by atoms with van der Waals surface area (Å²) in [5, 5.41) is 1.48. The van der Waals surface area contributed by atoms with Crippen LogP contribution < -0.4 is 0 Å². The van der Waals surface area contributed by atoms with E-state index in [0.717, 1.165) is 44.7 Å². The second kappa shape index (κ2) is 6.06. The van der Waals surface area contributed by atoms with Crippen LogP contribution in [0.25, 0.3) is 12.2 Å². The van der Waals surface area contributed by atoms with Gasteiger partial charge in [-0.3, -0.25) is 9.59 Å². The van der Waals surface area contributed by atoms with Gasteiger partial charge in [-0.2, -0.15) is 0 Å². The summed E-state index contributed by atoms with van der Waals surface area (Å²) in [6, 6.07) is 7.57. The first kappa shape index (κ1) is 15.0.